The van der Waals surface area contributed by atoms with Crippen LogP contribution in [0.4, 0.5) is 0 Å². The lowest BCUT2D eigenvalue weighted by Crippen LogP contribution is -2.12. The number of Topliss-reactive ketones (excluding diaryl/α,β-unsaturated/α-hetero) is 1. The molecular formula is C12H15ClOS. The van der Waals surface area contributed by atoms with Crippen molar-refractivity contribution in [1.29, 1.82) is 0 Å². The Morgan fingerprint density at radius 1 is 1.47 bits per heavy atom. The zero-order valence-corrected chi connectivity index (χ0v) is 10.8. The number of hydrogen-bond donors (Lipinski definition) is 0. The van der Waals surface area contributed by atoms with Crippen LogP contribution >= 0.6 is 22.9 Å². The molecule has 1 aliphatic carbocycles. The minimum absolute atomic E-state index is 0.236. The van der Waals surface area contributed by atoms with Crippen LogP contribution in [0.25, 0.3) is 0 Å². The van der Waals surface area contributed by atoms with Gasteiger partial charge in [-0.2, -0.15) is 0 Å². The van der Waals surface area contributed by atoms with Crippen LogP contribution in [0.2, 0.25) is 4.34 Å². The van der Waals surface area contributed by atoms with Crippen LogP contribution in [0.3, 0.4) is 0 Å². The van der Waals surface area contributed by atoms with E-state index in [4.69, 9.17) is 11.6 Å². The smallest absolute Gasteiger partial charge is 0.176 e. The third kappa shape index (κ3) is 2.26. The Morgan fingerprint density at radius 3 is 2.53 bits per heavy atom. The second-order valence-corrected chi connectivity index (χ2v) is 7.00. The molecular weight excluding hydrogens is 228 g/mol. The Balaban J connectivity index is 2.07. The number of ketones is 1. The van der Waals surface area contributed by atoms with Gasteiger partial charge in [0.1, 0.15) is 0 Å². The van der Waals surface area contributed by atoms with Crippen LogP contribution in [-0.2, 0) is 0 Å². The molecule has 0 radical (unpaired) electrons. The molecule has 2 rings (SSSR count). The molecule has 0 aliphatic heterocycles. The number of thiophene rings is 1. The summed E-state index contributed by atoms with van der Waals surface area (Å²) < 4.78 is 0.700. The molecule has 0 aromatic carbocycles. The number of halogens is 1. The molecule has 2 unspecified atom stereocenters. The standard InChI is InChI=1S/C12H15ClOS/c1-12(2,3)8-6-7(8)11(14)9-4-5-10(13)15-9/h4-5,7-8H,6H2,1-3H3. The van der Waals surface area contributed by atoms with Gasteiger partial charge in [0.2, 0.25) is 0 Å². The van der Waals surface area contributed by atoms with Gasteiger partial charge >= 0.3 is 0 Å². The van der Waals surface area contributed by atoms with Crippen molar-refractivity contribution in [2.75, 3.05) is 0 Å². The summed E-state index contributed by atoms with van der Waals surface area (Å²) in [6.45, 7) is 6.60. The van der Waals surface area contributed by atoms with E-state index in [1.165, 1.54) is 11.3 Å². The molecule has 0 spiro atoms. The van der Waals surface area contributed by atoms with Crippen LogP contribution in [0.5, 0.6) is 0 Å². The molecule has 15 heavy (non-hydrogen) atoms. The zero-order chi connectivity index (χ0) is 11.2. The van der Waals surface area contributed by atoms with Gasteiger partial charge in [0, 0.05) is 5.92 Å². The van der Waals surface area contributed by atoms with Crippen molar-refractivity contribution in [1.82, 2.24) is 0 Å². The van der Waals surface area contributed by atoms with Crippen LogP contribution in [0.15, 0.2) is 12.1 Å². The van der Waals surface area contributed by atoms with E-state index in [1.54, 1.807) is 6.07 Å². The van der Waals surface area contributed by atoms with E-state index in [1.807, 2.05) is 6.07 Å². The van der Waals surface area contributed by atoms with Crippen molar-refractivity contribution in [3.05, 3.63) is 21.3 Å². The average Bonchev–Trinajstić information content (AvgIpc) is 2.82. The molecule has 1 aromatic heterocycles. The van der Waals surface area contributed by atoms with E-state index in [9.17, 15) is 4.79 Å². The van der Waals surface area contributed by atoms with Gasteiger partial charge in [0.05, 0.1) is 9.21 Å². The molecule has 1 nitrogen and oxygen atoms in total. The molecule has 2 atom stereocenters. The second kappa shape index (κ2) is 3.60. The van der Waals surface area contributed by atoms with Crippen molar-refractivity contribution in [2.45, 2.75) is 27.2 Å². The number of carbonyl (C=O) groups excluding carboxylic acids is 1. The molecule has 1 fully saturated rings. The molecule has 1 aromatic rings. The van der Waals surface area contributed by atoms with Gasteiger partial charge in [0.25, 0.3) is 0 Å². The quantitative estimate of drug-likeness (QED) is 0.708. The van der Waals surface area contributed by atoms with Crippen LogP contribution in [-0.4, -0.2) is 5.78 Å². The topological polar surface area (TPSA) is 17.1 Å². The van der Waals surface area contributed by atoms with Crippen molar-refractivity contribution >= 4 is 28.7 Å². The van der Waals surface area contributed by atoms with Crippen molar-refractivity contribution in [2.24, 2.45) is 17.3 Å². The average molecular weight is 243 g/mol. The highest BCUT2D eigenvalue weighted by Gasteiger charge is 2.49. The van der Waals surface area contributed by atoms with Crippen molar-refractivity contribution < 1.29 is 4.79 Å². The highest BCUT2D eigenvalue weighted by Crippen LogP contribution is 2.52. The van der Waals surface area contributed by atoms with Gasteiger partial charge in [0.15, 0.2) is 5.78 Å². The fourth-order valence-corrected chi connectivity index (χ4v) is 3.12. The first-order chi connectivity index (χ1) is 6.89. The Labute approximate surface area is 99.5 Å². The van der Waals surface area contributed by atoms with E-state index >= 15 is 0 Å². The normalized spacial score (nSPS) is 25.3. The van der Waals surface area contributed by atoms with Gasteiger partial charge in [-0.05, 0) is 29.9 Å². The number of hydrogen-bond acceptors (Lipinski definition) is 2. The molecule has 3 heteroatoms. The first-order valence-corrected chi connectivity index (χ1v) is 6.38. The highest BCUT2D eigenvalue weighted by molar-refractivity contribution is 7.18. The maximum atomic E-state index is 12.0. The van der Waals surface area contributed by atoms with E-state index in [2.05, 4.69) is 20.8 Å². The molecule has 82 valence electrons. The highest BCUT2D eigenvalue weighted by atomic mass is 35.5. The summed E-state index contributed by atoms with van der Waals surface area (Å²) in [5.74, 6) is 1.07. The van der Waals surface area contributed by atoms with Crippen molar-refractivity contribution in [3.8, 4) is 0 Å². The zero-order valence-electron chi connectivity index (χ0n) is 9.21. The van der Waals surface area contributed by atoms with Crippen LogP contribution in [0.1, 0.15) is 36.9 Å². The van der Waals surface area contributed by atoms with Gasteiger partial charge in [-0.25, -0.2) is 0 Å². The van der Waals surface area contributed by atoms with E-state index in [0.717, 1.165) is 11.3 Å². The summed E-state index contributed by atoms with van der Waals surface area (Å²) >= 11 is 7.21. The third-order valence-corrected chi connectivity index (χ3v) is 4.30. The lowest BCUT2D eigenvalue weighted by Gasteiger charge is -2.17. The predicted molar refractivity (Wildman–Crippen MR) is 64.7 cm³/mol. The fraction of sp³-hybridized carbons (Fsp3) is 0.583. The molecule has 0 N–H and O–H groups in total. The van der Waals surface area contributed by atoms with Gasteiger partial charge in [-0.3, -0.25) is 4.79 Å². The summed E-state index contributed by atoms with van der Waals surface area (Å²) in [5.41, 5.74) is 0.251. The SMILES string of the molecule is CC(C)(C)C1CC1C(=O)c1ccc(Cl)s1. The summed E-state index contributed by atoms with van der Waals surface area (Å²) in [5, 5.41) is 0. The summed E-state index contributed by atoms with van der Waals surface area (Å²) in [7, 11) is 0. The van der Waals surface area contributed by atoms with Crippen LogP contribution in [0, 0.1) is 17.3 Å². The van der Waals surface area contributed by atoms with Gasteiger partial charge < -0.3 is 0 Å². The molecule has 0 bridgehead atoms. The monoisotopic (exact) mass is 242 g/mol. The Kier molecular flexibility index (Phi) is 2.68. The minimum Gasteiger partial charge on any atom is -0.293 e. The van der Waals surface area contributed by atoms with Gasteiger partial charge in [-0.1, -0.05) is 32.4 Å². The maximum Gasteiger partial charge on any atom is 0.176 e. The Morgan fingerprint density at radius 2 is 2.13 bits per heavy atom. The second-order valence-electron chi connectivity index (χ2n) is 5.28. The van der Waals surface area contributed by atoms with Crippen molar-refractivity contribution in [3.63, 3.8) is 0 Å². The third-order valence-electron chi connectivity index (χ3n) is 3.06. The molecule has 1 saturated carbocycles. The van der Waals surface area contributed by atoms with Gasteiger partial charge in [-0.15, -0.1) is 11.3 Å². The Bertz CT molecular complexity index is 389. The first kappa shape index (κ1) is 11.2. The lowest BCUT2D eigenvalue weighted by atomic mass is 9.88. The minimum atomic E-state index is 0.236. The molecule has 1 aliphatic rings. The van der Waals surface area contributed by atoms with E-state index in [-0.39, 0.29) is 17.1 Å². The number of rotatable bonds is 2. The molecule has 1 heterocycles. The first-order valence-electron chi connectivity index (χ1n) is 5.19. The summed E-state index contributed by atoms with van der Waals surface area (Å²) in [6, 6.07) is 3.64. The van der Waals surface area contributed by atoms with E-state index in [0.29, 0.717) is 10.3 Å². The largest absolute Gasteiger partial charge is 0.293 e. The summed E-state index contributed by atoms with van der Waals surface area (Å²) in [6.07, 6.45) is 1.04. The molecule has 0 amide bonds. The fourth-order valence-electron chi connectivity index (χ4n) is 2.07. The lowest BCUT2D eigenvalue weighted by molar-refractivity contribution is 0.0953. The predicted octanol–water partition coefficient (Wildman–Crippen LogP) is 4.27. The maximum absolute atomic E-state index is 12.0. The van der Waals surface area contributed by atoms with Crippen LogP contribution < -0.4 is 0 Å². The summed E-state index contributed by atoms with van der Waals surface area (Å²) in [4.78, 5) is 12.8. The number of carbonyl (C=O) groups is 1. The van der Waals surface area contributed by atoms with E-state index < -0.39 is 0 Å². The molecule has 0 saturated heterocycles. The Hall–Kier alpha value is -0.340.